The minimum absolute atomic E-state index is 0.0146. The summed E-state index contributed by atoms with van der Waals surface area (Å²) in [4.78, 5) is 21.8. The van der Waals surface area contributed by atoms with Gasteiger partial charge in [-0.1, -0.05) is 12.1 Å². The molecule has 140 valence electrons. The Morgan fingerprint density at radius 3 is 2.93 bits per heavy atom. The van der Waals surface area contributed by atoms with Gasteiger partial charge in [0.2, 0.25) is 11.9 Å². The molecular weight excluding hydrogens is 356 g/mol. The Morgan fingerprint density at radius 2 is 2.04 bits per heavy atom. The second-order valence-corrected chi connectivity index (χ2v) is 6.74. The summed E-state index contributed by atoms with van der Waals surface area (Å²) in [5.41, 5.74) is 2.23. The zero-order valence-electron chi connectivity index (χ0n) is 15.0. The fourth-order valence-electron chi connectivity index (χ4n) is 3.43. The maximum absolute atomic E-state index is 12.4. The lowest BCUT2D eigenvalue weighted by Gasteiger charge is -2.16. The Bertz CT molecular complexity index is 1160. The van der Waals surface area contributed by atoms with E-state index in [0.717, 1.165) is 35.7 Å². The standard InChI is InChI=1S/C19H18N8O/c28-18-15(7-3-4-9-20-18)24-19-23-14-6-2-1-5-13(14)17-25-16(26-27(17)19)12-8-10-21-22-11-12/h1-2,5-6,8,10-11,15H,3-4,7,9H2,(H,20,28)(H,23,24)/t15-/m1/s1. The van der Waals surface area contributed by atoms with Gasteiger partial charge in [0.05, 0.1) is 17.9 Å². The molecule has 9 nitrogen and oxygen atoms in total. The van der Waals surface area contributed by atoms with Crippen LogP contribution in [0.3, 0.4) is 0 Å². The quantitative estimate of drug-likeness (QED) is 0.563. The summed E-state index contributed by atoms with van der Waals surface area (Å²) < 4.78 is 1.66. The van der Waals surface area contributed by atoms with Crippen molar-refractivity contribution in [3.63, 3.8) is 0 Å². The summed E-state index contributed by atoms with van der Waals surface area (Å²) >= 11 is 0. The van der Waals surface area contributed by atoms with Crippen molar-refractivity contribution in [2.75, 3.05) is 11.9 Å². The molecule has 0 saturated carbocycles. The van der Waals surface area contributed by atoms with Gasteiger partial charge in [0.15, 0.2) is 11.5 Å². The number of aromatic nitrogens is 6. The van der Waals surface area contributed by atoms with Crippen molar-refractivity contribution in [3.05, 3.63) is 42.7 Å². The fraction of sp³-hybridized carbons (Fsp3) is 0.263. The lowest BCUT2D eigenvalue weighted by Crippen LogP contribution is -2.38. The molecule has 1 aliphatic heterocycles. The summed E-state index contributed by atoms with van der Waals surface area (Å²) in [5.74, 6) is 1.01. The van der Waals surface area contributed by atoms with Gasteiger partial charge in [-0.25, -0.2) is 9.97 Å². The zero-order chi connectivity index (χ0) is 18.9. The maximum Gasteiger partial charge on any atom is 0.242 e. The van der Waals surface area contributed by atoms with Gasteiger partial charge in [0.25, 0.3) is 0 Å². The van der Waals surface area contributed by atoms with Crippen LogP contribution >= 0.6 is 0 Å². The van der Waals surface area contributed by atoms with Gasteiger partial charge in [-0.05, 0) is 37.5 Å². The molecular formula is C19H18N8O. The smallest absolute Gasteiger partial charge is 0.242 e. The van der Waals surface area contributed by atoms with E-state index >= 15 is 0 Å². The van der Waals surface area contributed by atoms with E-state index in [4.69, 9.17) is 9.97 Å². The van der Waals surface area contributed by atoms with Crippen LogP contribution in [0, 0.1) is 0 Å². The first-order chi connectivity index (χ1) is 13.8. The number of carbonyl (C=O) groups excluding carboxylic acids is 1. The summed E-state index contributed by atoms with van der Waals surface area (Å²) in [6.07, 6.45) is 5.92. The van der Waals surface area contributed by atoms with Gasteiger partial charge in [-0.15, -0.1) is 5.10 Å². The van der Waals surface area contributed by atoms with Crippen LogP contribution in [0.1, 0.15) is 19.3 Å². The van der Waals surface area contributed by atoms with E-state index in [0.29, 0.717) is 24.0 Å². The van der Waals surface area contributed by atoms with Crippen LogP contribution in [0.4, 0.5) is 5.95 Å². The van der Waals surface area contributed by atoms with Crippen LogP contribution in [-0.4, -0.2) is 48.3 Å². The first-order valence-electron chi connectivity index (χ1n) is 9.26. The third-order valence-corrected chi connectivity index (χ3v) is 4.86. The highest BCUT2D eigenvalue weighted by Gasteiger charge is 2.23. The normalized spacial score (nSPS) is 17.4. The average Bonchev–Trinajstić information content (AvgIpc) is 3.09. The number of carbonyl (C=O) groups is 1. The van der Waals surface area contributed by atoms with Crippen molar-refractivity contribution in [1.82, 2.24) is 35.1 Å². The van der Waals surface area contributed by atoms with E-state index in [9.17, 15) is 4.79 Å². The predicted octanol–water partition coefficient (Wildman–Crippen LogP) is 1.82. The highest BCUT2D eigenvalue weighted by Crippen LogP contribution is 2.24. The van der Waals surface area contributed by atoms with Crippen molar-refractivity contribution in [2.45, 2.75) is 25.3 Å². The third-order valence-electron chi connectivity index (χ3n) is 4.86. The molecule has 0 aliphatic carbocycles. The van der Waals surface area contributed by atoms with E-state index in [2.05, 4.69) is 25.9 Å². The molecule has 1 aliphatic rings. The highest BCUT2D eigenvalue weighted by molar-refractivity contribution is 5.93. The highest BCUT2D eigenvalue weighted by atomic mass is 16.2. The number of hydrogen-bond donors (Lipinski definition) is 2. The minimum atomic E-state index is -0.352. The molecule has 1 amide bonds. The van der Waals surface area contributed by atoms with Gasteiger partial charge in [-0.2, -0.15) is 14.7 Å². The molecule has 1 saturated heterocycles. The molecule has 0 radical (unpaired) electrons. The number of para-hydroxylation sites is 1. The minimum Gasteiger partial charge on any atom is -0.354 e. The number of benzene rings is 1. The lowest BCUT2D eigenvalue weighted by molar-refractivity contribution is -0.121. The van der Waals surface area contributed by atoms with E-state index in [1.54, 1.807) is 16.9 Å². The Kier molecular flexibility index (Phi) is 4.04. The second-order valence-electron chi connectivity index (χ2n) is 6.74. The van der Waals surface area contributed by atoms with Crippen LogP contribution in [0.5, 0.6) is 0 Å². The first kappa shape index (κ1) is 16.5. The largest absolute Gasteiger partial charge is 0.354 e. The lowest BCUT2D eigenvalue weighted by atomic mass is 10.1. The Hall–Kier alpha value is -3.62. The molecule has 1 fully saturated rings. The molecule has 5 rings (SSSR count). The third kappa shape index (κ3) is 2.90. The molecule has 3 aromatic heterocycles. The van der Waals surface area contributed by atoms with Crippen LogP contribution in [0.15, 0.2) is 42.7 Å². The van der Waals surface area contributed by atoms with Crippen molar-refractivity contribution < 1.29 is 4.79 Å². The molecule has 4 heterocycles. The summed E-state index contributed by atoms with van der Waals surface area (Å²) in [6, 6.07) is 9.22. The zero-order valence-corrected chi connectivity index (χ0v) is 15.0. The Labute approximate surface area is 160 Å². The summed E-state index contributed by atoms with van der Waals surface area (Å²) in [6.45, 7) is 0.708. The molecule has 0 unspecified atom stereocenters. The number of nitrogens with one attached hydrogen (secondary N) is 2. The molecule has 9 heteroatoms. The van der Waals surface area contributed by atoms with Crippen LogP contribution in [0.25, 0.3) is 27.9 Å². The molecule has 0 bridgehead atoms. The Balaban J connectivity index is 1.66. The molecule has 1 atom stereocenters. The van der Waals surface area contributed by atoms with Gasteiger partial charge in [-0.3, -0.25) is 4.79 Å². The molecule has 2 N–H and O–H groups in total. The van der Waals surface area contributed by atoms with Crippen LogP contribution < -0.4 is 10.6 Å². The van der Waals surface area contributed by atoms with Gasteiger partial charge in [0, 0.05) is 17.5 Å². The van der Waals surface area contributed by atoms with Crippen molar-refractivity contribution >= 4 is 28.4 Å². The van der Waals surface area contributed by atoms with Crippen molar-refractivity contribution in [2.24, 2.45) is 0 Å². The SMILES string of the molecule is O=C1NCCCC[C@H]1Nc1nc2ccccc2c2nc(-c3ccnnc3)nn12. The topological polar surface area (TPSA) is 110 Å². The van der Waals surface area contributed by atoms with Crippen molar-refractivity contribution in [3.8, 4) is 11.4 Å². The van der Waals surface area contributed by atoms with E-state index in [-0.39, 0.29) is 11.9 Å². The number of anilines is 1. The van der Waals surface area contributed by atoms with Gasteiger partial charge >= 0.3 is 0 Å². The summed E-state index contributed by atoms with van der Waals surface area (Å²) in [7, 11) is 0. The molecule has 4 aromatic rings. The number of nitrogens with zero attached hydrogens (tertiary/aromatic N) is 6. The van der Waals surface area contributed by atoms with Crippen molar-refractivity contribution in [1.29, 1.82) is 0 Å². The maximum atomic E-state index is 12.4. The van der Waals surface area contributed by atoms with Gasteiger partial charge in [0.1, 0.15) is 6.04 Å². The number of hydrogen-bond acceptors (Lipinski definition) is 7. The van der Waals surface area contributed by atoms with E-state index in [1.165, 1.54) is 0 Å². The van der Waals surface area contributed by atoms with Gasteiger partial charge < -0.3 is 10.6 Å². The number of fused-ring (bicyclic) bond motifs is 3. The molecule has 28 heavy (non-hydrogen) atoms. The van der Waals surface area contributed by atoms with E-state index < -0.39 is 0 Å². The average molecular weight is 374 g/mol. The summed E-state index contributed by atoms with van der Waals surface area (Å²) in [5, 5.41) is 19.4. The monoisotopic (exact) mass is 374 g/mol. The van der Waals surface area contributed by atoms with E-state index in [1.807, 2.05) is 30.3 Å². The molecule has 0 spiro atoms. The second kappa shape index (κ2) is 6.84. The van der Waals surface area contributed by atoms with Crippen LogP contribution in [-0.2, 0) is 4.79 Å². The predicted molar refractivity (Wildman–Crippen MR) is 104 cm³/mol. The first-order valence-corrected chi connectivity index (χ1v) is 9.26. The Morgan fingerprint density at radius 1 is 1.11 bits per heavy atom. The fourth-order valence-corrected chi connectivity index (χ4v) is 3.43. The number of rotatable bonds is 3. The number of amides is 1. The van der Waals surface area contributed by atoms with Crippen LogP contribution in [0.2, 0.25) is 0 Å². The molecule has 1 aromatic carbocycles.